The van der Waals surface area contributed by atoms with Crippen LogP contribution in [0.2, 0.25) is 0 Å². The number of anilines is 1. The monoisotopic (exact) mass is 603 g/mol. The van der Waals surface area contributed by atoms with Crippen molar-refractivity contribution in [2.45, 2.75) is 37.0 Å². The van der Waals surface area contributed by atoms with Crippen LogP contribution in [0.3, 0.4) is 0 Å². The van der Waals surface area contributed by atoms with Crippen molar-refractivity contribution in [3.8, 4) is 5.75 Å². The average Bonchev–Trinajstić information content (AvgIpc) is 3.41. The second kappa shape index (κ2) is 15.0. The van der Waals surface area contributed by atoms with Crippen LogP contribution in [0.5, 0.6) is 5.75 Å². The number of alkyl halides is 3. The first kappa shape index (κ1) is 33.0. The Hall–Kier alpha value is -4.22. The molecule has 0 amide bonds. The van der Waals surface area contributed by atoms with Crippen LogP contribution >= 0.6 is 0 Å². The predicted molar refractivity (Wildman–Crippen MR) is 140 cm³/mol. The number of para-hydroxylation sites is 1. The van der Waals surface area contributed by atoms with Gasteiger partial charge in [0.2, 0.25) is 10.0 Å². The minimum Gasteiger partial charge on any atom is -0.491 e. The topological polar surface area (TPSA) is 199 Å². The van der Waals surface area contributed by atoms with Gasteiger partial charge in [-0.3, -0.25) is 9.79 Å². The number of nitrogens with two attached hydrogens (primary N) is 1. The Morgan fingerprint density at radius 2 is 1.80 bits per heavy atom. The molecule has 41 heavy (non-hydrogen) atoms. The predicted octanol–water partition coefficient (Wildman–Crippen LogP) is 1.82. The lowest BCUT2D eigenvalue weighted by atomic mass is 10.1. The number of sulfonamides is 1. The highest BCUT2D eigenvalue weighted by Gasteiger charge is 2.38. The highest BCUT2D eigenvalue weighted by Crippen LogP contribution is 2.30. The summed E-state index contributed by atoms with van der Waals surface area (Å²) >= 11 is 0. The van der Waals surface area contributed by atoms with E-state index in [9.17, 15) is 31.2 Å². The molecule has 1 aliphatic rings. The van der Waals surface area contributed by atoms with Crippen LogP contribution in [0.15, 0.2) is 58.4 Å². The molecular weight excluding hydrogens is 575 g/mol. The Kier molecular flexibility index (Phi) is 12.0. The van der Waals surface area contributed by atoms with Crippen molar-refractivity contribution in [2.75, 3.05) is 25.0 Å². The third-order valence-electron chi connectivity index (χ3n) is 4.82. The van der Waals surface area contributed by atoms with Crippen molar-refractivity contribution in [1.82, 2.24) is 10.0 Å². The van der Waals surface area contributed by atoms with Crippen LogP contribution < -0.4 is 25.8 Å². The molecule has 2 aromatic rings. The number of carbonyl (C=O) groups is 3. The van der Waals surface area contributed by atoms with E-state index in [1.165, 1.54) is 18.2 Å². The summed E-state index contributed by atoms with van der Waals surface area (Å²) in [7, 11) is -3.93. The van der Waals surface area contributed by atoms with E-state index in [-0.39, 0.29) is 10.5 Å². The second-order valence-electron chi connectivity index (χ2n) is 8.12. The van der Waals surface area contributed by atoms with E-state index >= 15 is 0 Å². The van der Waals surface area contributed by atoms with E-state index in [1.54, 1.807) is 30.3 Å². The molecular formula is C24H28F3N5O8S. The lowest BCUT2D eigenvalue weighted by Gasteiger charge is -2.17. The Balaban J connectivity index is 0.000000745. The molecule has 224 valence electrons. The van der Waals surface area contributed by atoms with Crippen molar-refractivity contribution >= 4 is 39.6 Å². The minimum absolute atomic E-state index is 0.00191. The Morgan fingerprint density at radius 3 is 2.37 bits per heavy atom. The zero-order valence-electron chi connectivity index (χ0n) is 21.6. The molecule has 0 spiro atoms. The molecule has 1 heterocycles. The van der Waals surface area contributed by atoms with E-state index < -0.39 is 46.7 Å². The summed E-state index contributed by atoms with van der Waals surface area (Å²) in [6, 6.07) is 12.3. The number of benzene rings is 2. The summed E-state index contributed by atoms with van der Waals surface area (Å²) in [5, 5.41) is 13.2. The zero-order chi connectivity index (χ0) is 30.6. The second-order valence-corrected chi connectivity index (χ2v) is 9.83. The molecule has 13 nitrogen and oxygen atoms in total. The molecule has 0 unspecified atom stereocenters. The van der Waals surface area contributed by atoms with Gasteiger partial charge in [-0.2, -0.15) is 17.9 Å². The van der Waals surface area contributed by atoms with Crippen molar-refractivity contribution in [3.05, 3.63) is 54.1 Å². The van der Waals surface area contributed by atoms with Crippen LogP contribution in [0.4, 0.5) is 18.9 Å². The smallest absolute Gasteiger partial charge is 0.490 e. The highest BCUT2D eigenvalue weighted by atomic mass is 32.2. The van der Waals surface area contributed by atoms with Gasteiger partial charge in [0.15, 0.2) is 5.96 Å². The lowest BCUT2D eigenvalue weighted by Crippen LogP contribution is -2.43. The number of nitrogens with zero attached hydrogens (tertiary/aromatic N) is 1. The molecule has 0 aromatic heterocycles. The van der Waals surface area contributed by atoms with Gasteiger partial charge in [0.1, 0.15) is 5.75 Å². The fraction of sp³-hybridized carbons (Fsp3) is 0.333. The normalized spacial score (nSPS) is 13.5. The number of hydrogen-bond donors (Lipinski definition) is 5. The van der Waals surface area contributed by atoms with Crippen molar-refractivity contribution < 1.29 is 50.6 Å². The van der Waals surface area contributed by atoms with E-state index in [1.807, 2.05) is 6.92 Å². The van der Waals surface area contributed by atoms with E-state index in [0.717, 1.165) is 6.42 Å². The number of aliphatic imine (C=N–C) groups is 1. The SMILES string of the molecule is CCCOc1cccc(C(=O)OC(=O)C[C@@H](N)NS(=O)(=O)c2ccccc2)c1NC1=NCCN1.O=C(O)C(F)(F)F. The van der Waals surface area contributed by atoms with Crippen LogP contribution in [-0.2, 0) is 24.3 Å². The summed E-state index contributed by atoms with van der Waals surface area (Å²) in [5.41, 5.74) is 6.13. The number of guanidine groups is 1. The number of nitrogens with one attached hydrogen (secondary N) is 3. The fourth-order valence-electron chi connectivity index (χ4n) is 3.05. The molecule has 0 aliphatic carbocycles. The number of esters is 2. The number of carboxylic acids is 1. The number of ether oxygens (including phenoxy) is 2. The first-order chi connectivity index (χ1) is 19.2. The molecule has 17 heteroatoms. The third kappa shape index (κ3) is 10.7. The van der Waals surface area contributed by atoms with Gasteiger partial charge < -0.3 is 30.9 Å². The maximum absolute atomic E-state index is 12.8. The number of rotatable bonds is 10. The summed E-state index contributed by atoms with van der Waals surface area (Å²) in [5.74, 6) is -3.83. The summed E-state index contributed by atoms with van der Waals surface area (Å²) in [6.07, 6.45) is -6.18. The molecule has 1 atom stereocenters. The van der Waals surface area contributed by atoms with Gasteiger partial charge >= 0.3 is 24.1 Å². The lowest BCUT2D eigenvalue weighted by molar-refractivity contribution is -0.192. The van der Waals surface area contributed by atoms with Crippen molar-refractivity contribution in [3.63, 3.8) is 0 Å². The minimum atomic E-state index is -5.08. The van der Waals surface area contributed by atoms with Crippen LogP contribution in [-0.4, -0.2) is 69.4 Å². The maximum atomic E-state index is 12.8. The van der Waals surface area contributed by atoms with Gasteiger partial charge in [-0.25, -0.2) is 18.0 Å². The quantitative estimate of drug-likeness (QED) is 0.151. The molecule has 2 aromatic carbocycles. The van der Waals surface area contributed by atoms with Gasteiger partial charge in [-0.1, -0.05) is 31.2 Å². The molecule has 0 fully saturated rings. The molecule has 0 saturated heterocycles. The van der Waals surface area contributed by atoms with Crippen LogP contribution in [0, 0.1) is 0 Å². The molecule has 0 saturated carbocycles. The van der Waals surface area contributed by atoms with Crippen molar-refractivity contribution in [1.29, 1.82) is 0 Å². The largest absolute Gasteiger partial charge is 0.491 e. The summed E-state index contributed by atoms with van der Waals surface area (Å²) in [6.45, 7) is 3.59. The van der Waals surface area contributed by atoms with E-state index in [4.69, 9.17) is 25.1 Å². The molecule has 3 rings (SSSR count). The van der Waals surface area contributed by atoms with Gasteiger partial charge in [0.25, 0.3) is 0 Å². The Bertz CT molecular complexity index is 1350. The fourth-order valence-corrected chi connectivity index (χ4v) is 4.18. The van der Waals surface area contributed by atoms with Crippen LogP contribution in [0.25, 0.3) is 0 Å². The molecule has 6 N–H and O–H groups in total. The molecule has 0 bridgehead atoms. The average molecular weight is 604 g/mol. The zero-order valence-corrected chi connectivity index (χ0v) is 22.4. The molecule has 1 aliphatic heterocycles. The number of hydrogen-bond acceptors (Lipinski definition) is 11. The Morgan fingerprint density at radius 1 is 1.15 bits per heavy atom. The summed E-state index contributed by atoms with van der Waals surface area (Å²) < 4.78 is 69.3. The van der Waals surface area contributed by atoms with Gasteiger partial charge in [-0.05, 0) is 30.7 Å². The Labute approximate surface area is 233 Å². The van der Waals surface area contributed by atoms with Gasteiger partial charge in [0, 0.05) is 6.54 Å². The third-order valence-corrected chi connectivity index (χ3v) is 6.33. The van der Waals surface area contributed by atoms with Gasteiger partial charge in [-0.15, -0.1) is 0 Å². The summed E-state index contributed by atoms with van der Waals surface area (Å²) in [4.78, 5) is 38.3. The van der Waals surface area contributed by atoms with E-state index in [0.29, 0.717) is 37.1 Å². The number of carboxylic acid groups (broad SMARTS) is 1. The first-order valence-corrected chi connectivity index (χ1v) is 13.4. The molecule has 0 radical (unpaired) electrons. The maximum Gasteiger partial charge on any atom is 0.490 e. The standard InChI is InChI=1S/C22H27N5O6S.C2HF3O2/c1-2-13-32-17-10-6-9-16(20(17)26-22-24-11-12-25-22)21(29)33-19(28)14-18(23)27-34(30,31)15-7-4-3-5-8-15;3-2(4,5)1(6)7/h3-10,18,27H,2,11-14,23H2,1H3,(H2,24,25,26);(H,6,7)/t18-;/m0./s1. The number of aliphatic carboxylic acids is 1. The van der Waals surface area contributed by atoms with Crippen LogP contribution in [0.1, 0.15) is 30.1 Å². The first-order valence-electron chi connectivity index (χ1n) is 11.9. The van der Waals surface area contributed by atoms with Gasteiger partial charge in [0.05, 0.1) is 41.9 Å². The number of halogens is 3. The highest BCUT2D eigenvalue weighted by molar-refractivity contribution is 7.89. The van der Waals surface area contributed by atoms with Crippen molar-refractivity contribution in [2.24, 2.45) is 10.7 Å². The number of carbonyl (C=O) groups excluding carboxylic acids is 2. The van der Waals surface area contributed by atoms with E-state index in [2.05, 4.69) is 20.3 Å².